The van der Waals surface area contributed by atoms with E-state index in [1.807, 2.05) is 6.92 Å². The summed E-state index contributed by atoms with van der Waals surface area (Å²) in [6.07, 6.45) is 3.16. The average molecular weight is 211 g/mol. The van der Waals surface area contributed by atoms with E-state index in [0.29, 0.717) is 37.3 Å². The molecule has 5 nitrogen and oxygen atoms in total. The standard InChI is InChI=1S/C10H17N3O2/c1-2-14-6-9-12-10(15-13-9)5-8(11)7-3-4-7/h7-8H,2-6,11H2,1H3. The lowest BCUT2D eigenvalue weighted by Crippen LogP contribution is -2.25. The summed E-state index contributed by atoms with van der Waals surface area (Å²) in [6.45, 7) is 3.01. The minimum absolute atomic E-state index is 0.172. The zero-order valence-electron chi connectivity index (χ0n) is 8.98. The fourth-order valence-electron chi connectivity index (χ4n) is 1.52. The summed E-state index contributed by atoms with van der Waals surface area (Å²) in [5, 5.41) is 3.82. The van der Waals surface area contributed by atoms with E-state index in [-0.39, 0.29) is 6.04 Å². The number of nitrogens with two attached hydrogens (primary N) is 1. The Morgan fingerprint density at radius 1 is 1.60 bits per heavy atom. The van der Waals surface area contributed by atoms with Crippen LogP contribution in [-0.4, -0.2) is 22.8 Å². The fraction of sp³-hybridized carbons (Fsp3) is 0.800. The molecule has 15 heavy (non-hydrogen) atoms. The van der Waals surface area contributed by atoms with E-state index in [2.05, 4.69) is 10.1 Å². The lowest BCUT2D eigenvalue weighted by atomic mass is 10.1. The largest absolute Gasteiger partial charge is 0.374 e. The number of aromatic nitrogens is 2. The first-order valence-corrected chi connectivity index (χ1v) is 5.44. The van der Waals surface area contributed by atoms with Crippen molar-refractivity contribution in [1.29, 1.82) is 0 Å². The third-order valence-corrected chi connectivity index (χ3v) is 2.58. The molecule has 5 heteroatoms. The van der Waals surface area contributed by atoms with Gasteiger partial charge in [-0.3, -0.25) is 0 Å². The van der Waals surface area contributed by atoms with E-state index in [9.17, 15) is 0 Å². The molecule has 84 valence electrons. The molecule has 1 aromatic rings. The van der Waals surface area contributed by atoms with E-state index in [4.69, 9.17) is 15.0 Å². The van der Waals surface area contributed by atoms with Crippen LogP contribution in [0.25, 0.3) is 0 Å². The molecule has 0 spiro atoms. The molecule has 0 aliphatic heterocycles. The van der Waals surface area contributed by atoms with Crippen LogP contribution in [0.4, 0.5) is 0 Å². The molecule has 1 fully saturated rings. The summed E-state index contributed by atoms with van der Waals surface area (Å²) < 4.78 is 10.3. The Morgan fingerprint density at radius 2 is 2.40 bits per heavy atom. The van der Waals surface area contributed by atoms with Crippen LogP contribution in [0.15, 0.2) is 4.52 Å². The predicted molar refractivity (Wildman–Crippen MR) is 54.0 cm³/mol. The van der Waals surface area contributed by atoms with Gasteiger partial charge in [0.05, 0.1) is 0 Å². The van der Waals surface area contributed by atoms with E-state index >= 15 is 0 Å². The average Bonchev–Trinajstić information content (AvgIpc) is 2.99. The summed E-state index contributed by atoms with van der Waals surface area (Å²) in [7, 11) is 0. The van der Waals surface area contributed by atoms with Gasteiger partial charge < -0.3 is 15.0 Å². The van der Waals surface area contributed by atoms with Crippen LogP contribution in [0.3, 0.4) is 0 Å². The lowest BCUT2D eigenvalue weighted by molar-refractivity contribution is 0.126. The van der Waals surface area contributed by atoms with Crippen LogP contribution in [0.1, 0.15) is 31.5 Å². The molecule has 1 aliphatic rings. The second-order valence-electron chi connectivity index (χ2n) is 3.95. The molecule has 0 radical (unpaired) electrons. The fourth-order valence-corrected chi connectivity index (χ4v) is 1.52. The first-order valence-electron chi connectivity index (χ1n) is 5.44. The van der Waals surface area contributed by atoms with Gasteiger partial charge in [0.15, 0.2) is 5.82 Å². The van der Waals surface area contributed by atoms with Gasteiger partial charge in [-0.15, -0.1) is 0 Å². The normalized spacial score (nSPS) is 18.0. The zero-order chi connectivity index (χ0) is 10.7. The van der Waals surface area contributed by atoms with Crippen LogP contribution in [-0.2, 0) is 17.8 Å². The maximum Gasteiger partial charge on any atom is 0.228 e. The summed E-state index contributed by atoms with van der Waals surface area (Å²) >= 11 is 0. The highest BCUT2D eigenvalue weighted by Crippen LogP contribution is 2.32. The summed E-state index contributed by atoms with van der Waals surface area (Å²) in [5.74, 6) is 1.89. The van der Waals surface area contributed by atoms with Crippen molar-refractivity contribution in [2.75, 3.05) is 6.61 Å². The van der Waals surface area contributed by atoms with Crippen LogP contribution >= 0.6 is 0 Å². The van der Waals surface area contributed by atoms with Crippen molar-refractivity contribution in [3.63, 3.8) is 0 Å². The van der Waals surface area contributed by atoms with Crippen molar-refractivity contribution in [2.45, 2.75) is 38.8 Å². The molecule has 1 saturated carbocycles. The monoisotopic (exact) mass is 211 g/mol. The topological polar surface area (TPSA) is 74.2 Å². The molecule has 1 unspecified atom stereocenters. The first-order chi connectivity index (χ1) is 7.29. The molecule has 1 aromatic heterocycles. The van der Waals surface area contributed by atoms with Gasteiger partial charge in [-0.2, -0.15) is 4.98 Å². The molecular weight excluding hydrogens is 194 g/mol. The highest BCUT2D eigenvalue weighted by atomic mass is 16.5. The molecule has 1 heterocycles. The number of nitrogens with zero attached hydrogens (tertiary/aromatic N) is 2. The second-order valence-corrected chi connectivity index (χ2v) is 3.95. The maximum absolute atomic E-state index is 5.96. The van der Waals surface area contributed by atoms with E-state index in [0.717, 1.165) is 0 Å². The second kappa shape index (κ2) is 4.72. The molecule has 2 rings (SSSR count). The van der Waals surface area contributed by atoms with Crippen molar-refractivity contribution in [3.8, 4) is 0 Å². The number of ether oxygens (including phenoxy) is 1. The van der Waals surface area contributed by atoms with Crippen molar-refractivity contribution in [3.05, 3.63) is 11.7 Å². The number of hydrogen-bond donors (Lipinski definition) is 1. The Labute approximate surface area is 89.0 Å². The SMILES string of the molecule is CCOCc1noc(CC(N)C2CC2)n1. The summed E-state index contributed by atoms with van der Waals surface area (Å²) in [6, 6.07) is 0.172. The molecule has 0 aromatic carbocycles. The van der Waals surface area contributed by atoms with Gasteiger partial charge >= 0.3 is 0 Å². The number of rotatable bonds is 6. The minimum Gasteiger partial charge on any atom is -0.374 e. The van der Waals surface area contributed by atoms with Gasteiger partial charge in [0.2, 0.25) is 5.89 Å². The molecule has 1 aliphatic carbocycles. The van der Waals surface area contributed by atoms with E-state index in [1.165, 1.54) is 12.8 Å². The van der Waals surface area contributed by atoms with Gasteiger partial charge in [0.1, 0.15) is 6.61 Å². The van der Waals surface area contributed by atoms with Crippen LogP contribution in [0.5, 0.6) is 0 Å². The molecule has 0 amide bonds. The smallest absolute Gasteiger partial charge is 0.228 e. The van der Waals surface area contributed by atoms with Crippen molar-refractivity contribution in [2.24, 2.45) is 11.7 Å². The van der Waals surface area contributed by atoms with Crippen molar-refractivity contribution >= 4 is 0 Å². The Kier molecular flexibility index (Phi) is 3.33. The molecule has 0 saturated heterocycles. The summed E-state index contributed by atoms with van der Waals surface area (Å²) in [4.78, 5) is 4.22. The zero-order valence-corrected chi connectivity index (χ0v) is 8.98. The highest BCUT2D eigenvalue weighted by Gasteiger charge is 2.29. The van der Waals surface area contributed by atoms with Gasteiger partial charge in [0, 0.05) is 19.1 Å². The lowest BCUT2D eigenvalue weighted by Gasteiger charge is -2.04. The number of hydrogen-bond acceptors (Lipinski definition) is 5. The van der Waals surface area contributed by atoms with Crippen molar-refractivity contribution < 1.29 is 9.26 Å². The van der Waals surface area contributed by atoms with Gasteiger partial charge in [-0.1, -0.05) is 5.16 Å². The van der Waals surface area contributed by atoms with Gasteiger partial charge in [-0.25, -0.2) is 0 Å². The third-order valence-electron chi connectivity index (χ3n) is 2.58. The van der Waals surface area contributed by atoms with Crippen LogP contribution < -0.4 is 5.73 Å². The van der Waals surface area contributed by atoms with Gasteiger partial charge in [0.25, 0.3) is 0 Å². The predicted octanol–water partition coefficient (Wildman–Crippen LogP) is 0.886. The third kappa shape index (κ3) is 3.00. The Balaban J connectivity index is 1.83. The molecule has 1 atom stereocenters. The maximum atomic E-state index is 5.96. The van der Waals surface area contributed by atoms with Crippen LogP contribution in [0, 0.1) is 5.92 Å². The Bertz CT molecular complexity index is 309. The van der Waals surface area contributed by atoms with Crippen molar-refractivity contribution in [1.82, 2.24) is 10.1 Å². The molecule has 2 N–H and O–H groups in total. The quantitative estimate of drug-likeness (QED) is 0.756. The van der Waals surface area contributed by atoms with Gasteiger partial charge in [-0.05, 0) is 25.7 Å². The molecular formula is C10H17N3O2. The first kappa shape index (κ1) is 10.6. The van der Waals surface area contributed by atoms with E-state index in [1.54, 1.807) is 0 Å². The van der Waals surface area contributed by atoms with E-state index < -0.39 is 0 Å². The summed E-state index contributed by atoms with van der Waals surface area (Å²) in [5.41, 5.74) is 5.96. The molecule has 0 bridgehead atoms. The Hall–Kier alpha value is -0.940. The Morgan fingerprint density at radius 3 is 3.07 bits per heavy atom. The van der Waals surface area contributed by atoms with Crippen LogP contribution in [0.2, 0.25) is 0 Å². The highest BCUT2D eigenvalue weighted by molar-refractivity contribution is 4.93. The minimum atomic E-state index is 0.172.